The van der Waals surface area contributed by atoms with E-state index in [0.717, 1.165) is 11.3 Å². The first-order chi connectivity index (χ1) is 9.51. The first-order valence-corrected chi connectivity index (χ1v) is 6.84. The first-order valence-electron chi connectivity index (χ1n) is 6.84. The average molecular weight is 280 g/mol. The van der Waals surface area contributed by atoms with Crippen molar-refractivity contribution in [3.05, 3.63) is 29.8 Å². The average Bonchev–Trinajstić information content (AvgIpc) is 2.42. The van der Waals surface area contributed by atoms with Crippen LogP contribution in [-0.4, -0.2) is 30.9 Å². The quantitative estimate of drug-likeness (QED) is 0.714. The van der Waals surface area contributed by atoms with E-state index in [9.17, 15) is 9.90 Å². The van der Waals surface area contributed by atoms with Crippen LogP contribution in [0.15, 0.2) is 24.3 Å². The van der Waals surface area contributed by atoms with Gasteiger partial charge in [0.05, 0.1) is 13.2 Å². The van der Waals surface area contributed by atoms with Crippen molar-refractivity contribution >= 4 is 6.03 Å². The van der Waals surface area contributed by atoms with Crippen molar-refractivity contribution in [2.24, 2.45) is 5.92 Å². The summed E-state index contributed by atoms with van der Waals surface area (Å²) in [5, 5.41) is 15.1. The molecule has 0 fully saturated rings. The number of amides is 2. The van der Waals surface area contributed by atoms with Crippen LogP contribution in [0.25, 0.3) is 0 Å². The summed E-state index contributed by atoms with van der Waals surface area (Å²) in [5.41, 5.74) is 0.990. The van der Waals surface area contributed by atoms with Crippen LogP contribution in [0, 0.1) is 5.92 Å². The molecule has 0 aromatic heterocycles. The Balaban J connectivity index is 2.25. The molecule has 0 aliphatic rings. The molecule has 0 saturated carbocycles. The van der Waals surface area contributed by atoms with Gasteiger partial charge in [-0.05, 0) is 30.0 Å². The molecule has 1 aromatic rings. The van der Waals surface area contributed by atoms with Crippen LogP contribution in [0.4, 0.5) is 4.79 Å². The zero-order chi connectivity index (χ0) is 15.0. The monoisotopic (exact) mass is 280 g/mol. The molecule has 5 heteroatoms. The Morgan fingerprint density at radius 1 is 1.25 bits per heavy atom. The minimum atomic E-state index is -0.498. The van der Waals surface area contributed by atoms with Crippen LogP contribution in [0.1, 0.15) is 25.8 Å². The SMILES string of the molecule is COc1ccc(CNC(=O)NCC(O)CC(C)C)cc1. The molecule has 1 unspecified atom stereocenters. The van der Waals surface area contributed by atoms with Gasteiger partial charge in [-0.1, -0.05) is 26.0 Å². The molecular weight excluding hydrogens is 256 g/mol. The number of aliphatic hydroxyl groups is 1. The van der Waals surface area contributed by atoms with E-state index < -0.39 is 6.10 Å². The molecule has 1 aromatic carbocycles. The van der Waals surface area contributed by atoms with E-state index in [4.69, 9.17) is 4.74 Å². The second kappa shape index (κ2) is 8.43. The molecule has 0 saturated heterocycles. The van der Waals surface area contributed by atoms with Gasteiger partial charge in [-0.2, -0.15) is 0 Å². The van der Waals surface area contributed by atoms with Gasteiger partial charge in [-0.15, -0.1) is 0 Å². The normalized spacial score (nSPS) is 12.1. The van der Waals surface area contributed by atoms with Gasteiger partial charge in [0.1, 0.15) is 5.75 Å². The van der Waals surface area contributed by atoms with Crippen LogP contribution in [0.3, 0.4) is 0 Å². The summed E-state index contributed by atoms with van der Waals surface area (Å²) in [5.74, 6) is 1.20. The van der Waals surface area contributed by atoms with Crippen molar-refractivity contribution in [1.29, 1.82) is 0 Å². The number of nitrogens with one attached hydrogen (secondary N) is 2. The number of hydrogen-bond donors (Lipinski definition) is 3. The second-order valence-corrected chi connectivity index (χ2v) is 5.20. The summed E-state index contributed by atoms with van der Waals surface area (Å²) in [6.07, 6.45) is 0.181. The minimum absolute atomic E-state index is 0.270. The van der Waals surface area contributed by atoms with E-state index in [1.54, 1.807) is 7.11 Å². The third kappa shape index (κ3) is 6.43. The lowest BCUT2D eigenvalue weighted by Crippen LogP contribution is -2.39. The predicted octanol–water partition coefficient (Wildman–Crippen LogP) is 1.90. The Morgan fingerprint density at radius 3 is 2.45 bits per heavy atom. The highest BCUT2D eigenvalue weighted by Crippen LogP contribution is 2.10. The minimum Gasteiger partial charge on any atom is -0.497 e. The van der Waals surface area contributed by atoms with Crippen molar-refractivity contribution < 1.29 is 14.6 Å². The van der Waals surface area contributed by atoms with Crippen LogP contribution in [-0.2, 0) is 6.54 Å². The molecule has 20 heavy (non-hydrogen) atoms. The molecule has 0 heterocycles. The predicted molar refractivity (Wildman–Crippen MR) is 78.7 cm³/mol. The Morgan fingerprint density at radius 2 is 1.90 bits per heavy atom. The molecule has 0 aliphatic heterocycles. The third-order valence-electron chi connectivity index (χ3n) is 2.85. The van der Waals surface area contributed by atoms with Crippen LogP contribution < -0.4 is 15.4 Å². The van der Waals surface area contributed by atoms with E-state index >= 15 is 0 Å². The molecule has 0 bridgehead atoms. The Labute approximate surface area is 120 Å². The Bertz CT molecular complexity index is 404. The molecule has 1 atom stereocenters. The van der Waals surface area contributed by atoms with Gasteiger partial charge < -0.3 is 20.5 Å². The van der Waals surface area contributed by atoms with Crippen LogP contribution >= 0.6 is 0 Å². The lowest BCUT2D eigenvalue weighted by molar-refractivity contribution is 0.147. The molecule has 5 nitrogen and oxygen atoms in total. The fourth-order valence-electron chi connectivity index (χ4n) is 1.83. The number of rotatable bonds is 7. The third-order valence-corrected chi connectivity index (χ3v) is 2.85. The lowest BCUT2D eigenvalue weighted by Gasteiger charge is -2.14. The number of benzene rings is 1. The van der Waals surface area contributed by atoms with Gasteiger partial charge in [-0.3, -0.25) is 0 Å². The summed E-state index contributed by atoms with van der Waals surface area (Å²) >= 11 is 0. The maximum atomic E-state index is 11.6. The largest absolute Gasteiger partial charge is 0.497 e. The van der Waals surface area contributed by atoms with E-state index in [0.29, 0.717) is 18.9 Å². The van der Waals surface area contributed by atoms with Crippen molar-refractivity contribution in [3.8, 4) is 5.75 Å². The molecule has 0 spiro atoms. The highest BCUT2D eigenvalue weighted by Gasteiger charge is 2.08. The summed E-state index contributed by atoms with van der Waals surface area (Å²) in [6, 6.07) is 7.21. The smallest absolute Gasteiger partial charge is 0.315 e. The number of aliphatic hydroxyl groups excluding tert-OH is 1. The number of hydrogen-bond acceptors (Lipinski definition) is 3. The molecular formula is C15H24N2O3. The summed E-state index contributed by atoms with van der Waals surface area (Å²) in [4.78, 5) is 11.6. The molecule has 3 N–H and O–H groups in total. The summed E-state index contributed by atoms with van der Waals surface area (Å²) in [6.45, 7) is 4.78. The number of ether oxygens (including phenoxy) is 1. The van der Waals surface area contributed by atoms with E-state index in [1.807, 2.05) is 38.1 Å². The van der Waals surface area contributed by atoms with E-state index in [1.165, 1.54) is 0 Å². The highest BCUT2D eigenvalue weighted by molar-refractivity contribution is 5.73. The standard InChI is InChI=1S/C15H24N2O3/c1-11(2)8-13(18)10-17-15(19)16-9-12-4-6-14(20-3)7-5-12/h4-7,11,13,18H,8-10H2,1-3H3,(H2,16,17,19). The van der Waals surface area contributed by atoms with Gasteiger partial charge in [0, 0.05) is 13.1 Å². The van der Waals surface area contributed by atoms with Crippen LogP contribution in [0.5, 0.6) is 5.75 Å². The topological polar surface area (TPSA) is 70.6 Å². The molecule has 0 aliphatic carbocycles. The van der Waals surface area contributed by atoms with E-state index in [2.05, 4.69) is 10.6 Å². The summed E-state index contributed by atoms with van der Waals surface area (Å²) < 4.78 is 5.06. The maximum Gasteiger partial charge on any atom is 0.315 e. The van der Waals surface area contributed by atoms with Crippen molar-refractivity contribution in [1.82, 2.24) is 10.6 Å². The number of carbonyl (C=O) groups is 1. The maximum absolute atomic E-state index is 11.6. The highest BCUT2D eigenvalue weighted by atomic mass is 16.5. The van der Waals surface area contributed by atoms with Crippen LogP contribution in [0.2, 0.25) is 0 Å². The zero-order valence-electron chi connectivity index (χ0n) is 12.3. The number of urea groups is 1. The van der Waals surface area contributed by atoms with Gasteiger partial charge in [0.2, 0.25) is 0 Å². The lowest BCUT2D eigenvalue weighted by atomic mass is 10.1. The van der Waals surface area contributed by atoms with Crippen molar-refractivity contribution in [2.45, 2.75) is 32.9 Å². The number of carbonyl (C=O) groups excluding carboxylic acids is 1. The fraction of sp³-hybridized carbons (Fsp3) is 0.533. The van der Waals surface area contributed by atoms with Gasteiger partial charge in [0.15, 0.2) is 0 Å². The molecule has 112 valence electrons. The number of methoxy groups -OCH3 is 1. The van der Waals surface area contributed by atoms with Crippen molar-refractivity contribution in [2.75, 3.05) is 13.7 Å². The Hall–Kier alpha value is -1.75. The second-order valence-electron chi connectivity index (χ2n) is 5.20. The molecule has 2 amide bonds. The van der Waals surface area contributed by atoms with Crippen molar-refractivity contribution in [3.63, 3.8) is 0 Å². The molecule has 1 rings (SSSR count). The zero-order valence-corrected chi connectivity index (χ0v) is 12.3. The van der Waals surface area contributed by atoms with Gasteiger partial charge >= 0.3 is 6.03 Å². The Kier molecular flexibility index (Phi) is 6.87. The fourth-order valence-corrected chi connectivity index (χ4v) is 1.83. The molecule has 0 radical (unpaired) electrons. The van der Waals surface area contributed by atoms with Gasteiger partial charge in [-0.25, -0.2) is 4.79 Å². The van der Waals surface area contributed by atoms with E-state index in [-0.39, 0.29) is 12.6 Å². The first kappa shape index (κ1) is 16.3. The van der Waals surface area contributed by atoms with Gasteiger partial charge in [0.25, 0.3) is 0 Å². The summed E-state index contributed by atoms with van der Waals surface area (Å²) in [7, 11) is 1.61.